The molecule has 29 heavy (non-hydrogen) atoms. The zero-order chi connectivity index (χ0) is 20.4. The highest BCUT2D eigenvalue weighted by molar-refractivity contribution is 7.99. The maximum absolute atomic E-state index is 12.7. The number of hydrogen-bond donors (Lipinski definition) is 3. The Labute approximate surface area is 175 Å². The standard InChI is InChI=1S/C20H23N5O2S2/c1-25(2)10-9-23-29(26,27)15-4-5-17-16(12-15)18(7-8-21-17)24-14-3-6-20-19(11-14)22-13-28-20/h3-8,11-12,22-23H,9-10,13H2,1-2H3,(H,21,24). The van der Waals surface area contributed by atoms with Crippen molar-refractivity contribution < 1.29 is 8.42 Å². The van der Waals surface area contributed by atoms with Crippen LogP contribution < -0.4 is 15.4 Å². The molecule has 0 fully saturated rings. The van der Waals surface area contributed by atoms with E-state index in [-0.39, 0.29) is 4.90 Å². The van der Waals surface area contributed by atoms with Gasteiger partial charge in [0.05, 0.1) is 22.0 Å². The van der Waals surface area contributed by atoms with Crippen molar-refractivity contribution in [3.63, 3.8) is 0 Å². The number of likely N-dealkylation sites (N-methyl/N-ethyl adjacent to an activating group) is 1. The van der Waals surface area contributed by atoms with E-state index in [2.05, 4.69) is 32.5 Å². The predicted octanol–water partition coefficient (Wildman–Crippen LogP) is 3.29. The fourth-order valence-electron chi connectivity index (χ4n) is 3.11. The Balaban J connectivity index is 1.64. The van der Waals surface area contributed by atoms with E-state index in [1.807, 2.05) is 31.1 Å². The molecule has 3 aromatic rings. The first kappa shape index (κ1) is 20.0. The summed E-state index contributed by atoms with van der Waals surface area (Å²) in [7, 11) is 0.218. The van der Waals surface area contributed by atoms with Gasteiger partial charge in [-0.2, -0.15) is 0 Å². The maximum atomic E-state index is 12.7. The molecule has 7 nitrogen and oxygen atoms in total. The smallest absolute Gasteiger partial charge is 0.240 e. The number of hydrogen-bond acceptors (Lipinski definition) is 7. The molecule has 0 amide bonds. The van der Waals surface area contributed by atoms with Gasteiger partial charge < -0.3 is 15.5 Å². The van der Waals surface area contributed by atoms with Gasteiger partial charge in [-0.05, 0) is 56.6 Å². The van der Waals surface area contributed by atoms with Crippen molar-refractivity contribution in [2.24, 2.45) is 0 Å². The molecule has 0 aliphatic carbocycles. The average Bonchev–Trinajstić information content (AvgIpc) is 3.15. The third-order valence-electron chi connectivity index (χ3n) is 4.62. The Hall–Kier alpha value is -2.33. The molecule has 1 aliphatic heterocycles. The van der Waals surface area contributed by atoms with Crippen LogP contribution in [0.15, 0.2) is 58.5 Å². The van der Waals surface area contributed by atoms with Crippen molar-refractivity contribution in [3.8, 4) is 0 Å². The number of fused-ring (bicyclic) bond motifs is 2. The summed E-state index contributed by atoms with van der Waals surface area (Å²) in [6, 6.07) is 13.0. The van der Waals surface area contributed by atoms with Crippen LogP contribution in [0.3, 0.4) is 0 Å². The quantitative estimate of drug-likeness (QED) is 0.531. The number of nitrogens with zero attached hydrogens (tertiary/aromatic N) is 2. The van der Waals surface area contributed by atoms with E-state index in [0.29, 0.717) is 13.1 Å². The fourth-order valence-corrected chi connectivity index (χ4v) is 4.99. The first-order valence-electron chi connectivity index (χ1n) is 9.23. The van der Waals surface area contributed by atoms with Gasteiger partial charge in [-0.1, -0.05) is 0 Å². The lowest BCUT2D eigenvalue weighted by atomic mass is 10.1. The average molecular weight is 430 g/mol. The number of thioether (sulfide) groups is 1. The van der Waals surface area contributed by atoms with Crippen molar-refractivity contribution in [1.29, 1.82) is 0 Å². The first-order chi connectivity index (χ1) is 13.9. The molecule has 2 aromatic carbocycles. The molecule has 3 N–H and O–H groups in total. The lowest BCUT2D eigenvalue weighted by molar-refractivity contribution is 0.412. The number of pyridine rings is 1. The minimum absolute atomic E-state index is 0.229. The summed E-state index contributed by atoms with van der Waals surface area (Å²) in [6.07, 6.45) is 1.72. The van der Waals surface area contributed by atoms with E-state index in [1.165, 1.54) is 4.90 Å². The summed E-state index contributed by atoms with van der Waals surface area (Å²) in [5.74, 6) is 0.874. The molecule has 4 rings (SSSR count). The molecule has 0 radical (unpaired) electrons. The van der Waals surface area contributed by atoms with Gasteiger partial charge in [-0.15, -0.1) is 11.8 Å². The molecule has 0 bridgehead atoms. The molecule has 152 valence electrons. The third kappa shape index (κ3) is 4.48. The van der Waals surface area contributed by atoms with Crippen LogP contribution in [-0.2, 0) is 10.0 Å². The van der Waals surface area contributed by atoms with E-state index in [0.717, 1.165) is 33.8 Å². The van der Waals surface area contributed by atoms with Crippen molar-refractivity contribution in [2.45, 2.75) is 9.79 Å². The van der Waals surface area contributed by atoms with Gasteiger partial charge >= 0.3 is 0 Å². The van der Waals surface area contributed by atoms with Crippen molar-refractivity contribution >= 4 is 49.8 Å². The molecule has 1 aromatic heterocycles. The number of aromatic nitrogens is 1. The molecule has 9 heteroatoms. The summed E-state index contributed by atoms with van der Waals surface area (Å²) < 4.78 is 28.0. The van der Waals surface area contributed by atoms with Crippen LogP contribution in [0, 0.1) is 0 Å². The van der Waals surface area contributed by atoms with Crippen molar-refractivity contribution in [3.05, 3.63) is 48.7 Å². The monoisotopic (exact) mass is 429 g/mol. The minimum atomic E-state index is -3.59. The largest absolute Gasteiger partial charge is 0.375 e. The Morgan fingerprint density at radius 2 is 2.03 bits per heavy atom. The van der Waals surface area contributed by atoms with Crippen LogP contribution in [0.1, 0.15) is 0 Å². The Bertz CT molecular complexity index is 1150. The molecule has 0 spiro atoms. The zero-order valence-electron chi connectivity index (χ0n) is 16.3. The normalized spacial score (nSPS) is 13.5. The predicted molar refractivity (Wildman–Crippen MR) is 120 cm³/mol. The van der Waals surface area contributed by atoms with Gasteiger partial charge in [0.15, 0.2) is 0 Å². The number of benzene rings is 2. The van der Waals surface area contributed by atoms with Crippen LogP contribution in [0.5, 0.6) is 0 Å². The second kappa shape index (κ2) is 8.19. The Kier molecular flexibility index (Phi) is 5.64. The molecule has 1 aliphatic rings. The third-order valence-corrected chi connectivity index (χ3v) is 7.04. The SMILES string of the molecule is CN(C)CCNS(=O)(=O)c1ccc2nccc(Nc3ccc4c(c3)NCS4)c2c1. The van der Waals surface area contributed by atoms with Crippen molar-refractivity contribution in [1.82, 2.24) is 14.6 Å². The van der Waals surface area contributed by atoms with Crippen LogP contribution in [0.4, 0.5) is 17.1 Å². The number of anilines is 3. The van der Waals surface area contributed by atoms with E-state index < -0.39 is 10.0 Å². The van der Waals surface area contributed by atoms with Crippen LogP contribution in [0.25, 0.3) is 10.9 Å². The van der Waals surface area contributed by atoms with E-state index in [4.69, 9.17) is 0 Å². The lowest BCUT2D eigenvalue weighted by Gasteiger charge is -2.13. The van der Waals surface area contributed by atoms with Gasteiger partial charge in [0.25, 0.3) is 0 Å². The summed E-state index contributed by atoms with van der Waals surface area (Å²) in [5.41, 5.74) is 3.58. The van der Waals surface area contributed by atoms with Crippen molar-refractivity contribution in [2.75, 3.05) is 43.7 Å². The number of nitrogens with one attached hydrogen (secondary N) is 3. The second-order valence-electron chi connectivity index (χ2n) is 7.04. The Morgan fingerprint density at radius 1 is 1.17 bits per heavy atom. The van der Waals surface area contributed by atoms with Crippen LogP contribution in [-0.4, -0.2) is 51.4 Å². The molecule has 0 saturated carbocycles. The van der Waals surface area contributed by atoms with Gasteiger partial charge in [0, 0.05) is 40.9 Å². The highest BCUT2D eigenvalue weighted by Crippen LogP contribution is 2.36. The molecule has 0 atom stereocenters. The highest BCUT2D eigenvalue weighted by atomic mass is 32.2. The zero-order valence-corrected chi connectivity index (χ0v) is 17.9. The van der Waals surface area contributed by atoms with E-state index in [9.17, 15) is 8.42 Å². The van der Waals surface area contributed by atoms with E-state index in [1.54, 1.807) is 36.2 Å². The van der Waals surface area contributed by atoms with Gasteiger partial charge in [0.2, 0.25) is 10.0 Å². The van der Waals surface area contributed by atoms with E-state index >= 15 is 0 Å². The minimum Gasteiger partial charge on any atom is -0.375 e. The number of rotatable bonds is 7. The highest BCUT2D eigenvalue weighted by Gasteiger charge is 2.16. The summed E-state index contributed by atoms with van der Waals surface area (Å²) in [4.78, 5) is 7.76. The first-order valence-corrected chi connectivity index (χ1v) is 11.7. The molecule has 0 saturated heterocycles. The second-order valence-corrected chi connectivity index (χ2v) is 9.82. The van der Waals surface area contributed by atoms with Crippen LogP contribution in [0.2, 0.25) is 0 Å². The summed E-state index contributed by atoms with van der Waals surface area (Å²) >= 11 is 1.77. The topological polar surface area (TPSA) is 86.4 Å². The molecule has 0 unspecified atom stereocenters. The summed E-state index contributed by atoms with van der Waals surface area (Å²) in [5, 5.41) is 7.50. The van der Waals surface area contributed by atoms with Gasteiger partial charge in [0.1, 0.15) is 0 Å². The molecule has 2 heterocycles. The molecular formula is C20H23N5O2S2. The van der Waals surface area contributed by atoms with Gasteiger partial charge in [-0.25, -0.2) is 13.1 Å². The Morgan fingerprint density at radius 3 is 2.86 bits per heavy atom. The molecular weight excluding hydrogens is 406 g/mol. The fraction of sp³-hybridized carbons (Fsp3) is 0.250. The van der Waals surface area contributed by atoms with Gasteiger partial charge in [-0.3, -0.25) is 4.98 Å². The van der Waals surface area contributed by atoms with Crippen LogP contribution >= 0.6 is 11.8 Å². The lowest BCUT2D eigenvalue weighted by Crippen LogP contribution is -2.31. The number of sulfonamides is 1. The summed E-state index contributed by atoms with van der Waals surface area (Å²) in [6.45, 7) is 0.984. The maximum Gasteiger partial charge on any atom is 0.240 e.